The van der Waals surface area contributed by atoms with Crippen molar-refractivity contribution in [3.05, 3.63) is 65.2 Å². The van der Waals surface area contributed by atoms with E-state index in [1.165, 1.54) is 9.87 Å². The van der Waals surface area contributed by atoms with Gasteiger partial charge in [-0.1, -0.05) is 47.5 Å². The summed E-state index contributed by atoms with van der Waals surface area (Å²) in [6.07, 6.45) is 0. The minimum atomic E-state index is -3.48. The Morgan fingerprint density at radius 3 is 2.07 bits per heavy atom. The van der Waals surface area contributed by atoms with Gasteiger partial charge in [0, 0.05) is 6.54 Å². The molecular weight excluding hydrogens is 386 g/mol. The number of aryl methyl sites for hydroxylation is 2. The zero-order chi connectivity index (χ0) is 21.0. The molecule has 6 nitrogen and oxygen atoms in total. The molecule has 1 aliphatic heterocycles. The van der Waals surface area contributed by atoms with Crippen LogP contribution in [0.5, 0.6) is 0 Å². The van der Waals surface area contributed by atoms with Gasteiger partial charge in [0.15, 0.2) is 6.04 Å². The van der Waals surface area contributed by atoms with Gasteiger partial charge in [-0.25, -0.2) is 8.42 Å². The maximum absolute atomic E-state index is 12.8. The summed E-state index contributed by atoms with van der Waals surface area (Å²) in [5, 5.41) is 3.00. The molecule has 1 saturated heterocycles. The first-order chi connectivity index (χ1) is 13.8. The summed E-state index contributed by atoms with van der Waals surface area (Å²) in [6.45, 7) is 8.45. The molecule has 2 aromatic rings. The zero-order valence-corrected chi connectivity index (χ0v) is 18.1. The number of quaternary nitrogens is 1. The van der Waals surface area contributed by atoms with E-state index in [1.807, 2.05) is 57.2 Å². The fourth-order valence-corrected chi connectivity index (χ4v) is 4.98. The van der Waals surface area contributed by atoms with Crippen molar-refractivity contribution in [1.82, 2.24) is 9.62 Å². The average Bonchev–Trinajstić information content (AvgIpc) is 2.73. The molecule has 0 saturated carbocycles. The molecule has 0 spiro atoms. The molecule has 0 aromatic heterocycles. The Morgan fingerprint density at radius 2 is 1.52 bits per heavy atom. The summed E-state index contributed by atoms with van der Waals surface area (Å²) in [5.41, 5.74) is 3.29. The number of nitrogens with one attached hydrogen (secondary N) is 2. The molecule has 29 heavy (non-hydrogen) atoms. The number of hydrogen-bond donors (Lipinski definition) is 2. The van der Waals surface area contributed by atoms with Gasteiger partial charge in [0.1, 0.15) is 0 Å². The molecular formula is C22H30N3O3S+. The van der Waals surface area contributed by atoms with Crippen LogP contribution in [-0.2, 0) is 21.4 Å². The standard InChI is InChI=1S/C22H29N3O3S/c1-17-4-8-20(9-5-17)16-23-22(26)19(3)24-12-14-25(15-13-24)29(27,28)21-10-6-18(2)7-11-21/h4-11,19H,12-16H2,1-3H3,(H,23,26)/p+1/t19-/m0/s1. The number of hydrogen-bond acceptors (Lipinski definition) is 3. The van der Waals surface area contributed by atoms with Crippen LogP contribution in [-0.4, -0.2) is 50.9 Å². The van der Waals surface area contributed by atoms with E-state index in [4.69, 9.17) is 0 Å². The first-order valence-electron chi connectivity index (χ1n) is 10.0. The van der Waals surface area contributed by atoms with Crippen LogP contribution in [0, 0.1) is 13.8 Å². The Kier molecular flexibility index (Phi) is 6.72. The summed E-state index contributed by atoms with van der Waals surface area (Å²) in [7, 11) is -3.48. The first-order valence-corrected chi connectivity index (χ1v) is 11.5. The van der Waals surface area contributed by atoms with Crippen molar-refractivity contribution in [2.45, 2.75) is 38.3 Å². The molecule has 7 heteroatoms. The van der Waals surface area contributed by atoms with Crippen LogP contribution in [0.15, 0.2) is 53.4 Å². The second kappa shape index (κ2) is 9.07. The lowest BCUT2D eigenvalue weighted by Crippen LogP contribution is -3.19. The molecule has 3 rings (SSSR count). The smallest absolute Gasteiger partial charge is 0.278 e. The summed E-state index contributed by atoms with van der Waals surface area (Å²) >= 11 is 0. The highest BCUT2D eigenvalue weighted by molar-refractivity contribution is 7.89. The lowest BCUT2D eigenvalue weighted by Gasteiger charge is -2.34. The number of rotatable bonds is 6. The van der Waals surface area contributed by atoms with E-state index in [2.05, 4.69) is 5.32 Å². The third-order valence-electron chi connectivity index (χ3n) is 5.62. The predicted octanol–water partition coefficient (Wildman–Crippen LogP) is 0.898. The van der Waals surface area contributed by atoms with E-state index >= 15 is 0 Å². The molecule has 0 bridgehead atoms. The van der Waals surface area contributed by atoms with Crippen molar-refractivity contribution >= 4 is 15.9 Å². The fraction of sp³-hybridized carbons (Fsp3) is 0.409. The van der Waals surface area contributed by atoms with Crippen LogP contribution < -0.4 is 10.2 Å². The molecule has 1 heterocycles. The van der Waals surface area contributed by atoms with Gasteiger partial charge in [-0.05, 0) is 38.5 Å². The third kappa shape index (κ3) is 5.23. The molecule has 1 fully saturated rings. The highest BCUT2D eigenvalue weighted by Crippen LogP contribution is 2.16. The first kappa shape index (κ1) is 21.5. The highest BCUT2D eigenvalue weighted by Gasteiger charge is 2.34. The highest BCUT2D eigenvalue weighted by atomic mass is 32.2. The van der Waals surface area contributed by atoms with Crippen molar-refractivity contribution in [3.8, 4) is 0 Å². The molecule has 0 radical (unpaired) electrons. The quantitative estimate of drug-likeness (QED) is 0.735. The van der Waals surface area contributed by atoms with Crippen LogP contribution in [0.25, 0.3) is 0 Å². The predicted molar refractivity (Wildman–Crippen MR) is 113 cm³/mol. The second-order valence-electron chi connectivity index (χ2n) is 7.80. The molecule has 1 atom stereocenters. The number of piperazine rings is 1. The van der Waals surface area contributed by atoms with Crippen molar-refractivity contribution in [2.24, 2.45) is 0 Å². The summed E-state index contributed by atoms with van der Waals surface area (Å²) in [6, 6.07) is 14.8. The Labute approximate surface area is 173 Å². The summed E-state index contributed by atoms with van der Waals surface area (Å²) in [4.78, 5) is 14.0. The van der Waals surface area contributed by atoms with Crippen molar-refractivity contribution < 1.29 is 18.1 Å². The lowest BCUT2D eigenvalue weighted by molar-refractivity contribution is -0.917. The maximum atomic E-state index is 12.8. The molecule has 1 amide bonds. The van der Waals surface area contributed by atoms with Crippen LogP contribution in [0.4, 0.5) is 0 Å². The van der Waals surface area contributed by atoms with E-state index in [-0.39, 0.29) is 11.9 Å². The van der Waals surface area contributed by atoms with E-state index in [0.29, 0.717) is 37.6 Å². The number of carbonyl (C=O) groups is 1. The van der Waals surface area contributed by atoms with Gasteiger partial charge in [-0.3, -0.25) is 4.79 Å². The van der Waals surface area contributed by atoms with Crippen molar-refractivity contribution in [3.63, 3.8) is 0 Å². The minimum Gasteiger partial charge on any atom is -0.347 e. The Hall–Kier alpha value is -2.22. The van der Waals surface area contributed by atoms with E-state index < -0.39 is 10.0 Å². The Balaban J connectivity index is 1.53. The van der Waals surface area contributed by atoms with Crippen molar-refractivity contribution in [1.29, 1.82) is 0 Å². The number of benzene rings is 2. The molecule has 0 aliphatic carbocycles. The van der Waals surface area contributed by atoms with Gasteiger partial charge in [0.2, 0.25) is 10.0 Å². The molecule has 2 N–H and O–H groups in total. The number of carbonyl (C=O) groups excluding carboxylic acids is 1. The van der Waals surface area contributed by atoms with Gasteiger partial charge in [-0.15, -0.1) is 0 Å². The topological polar surface area (TPSA) is 70.9 Å². The van der Waals surface area contributed by atoms with Crippen LogP contribution in [0.3, 0.4) is 0 Å². The summed E-state index contributed by atoms with van der Waals surface area (Å²) < 4.78 is 27.2. The molecule has 0 unspecified atom stereocenters. The van der Waals surface area contributed by atoms with Gasteiger partial charge in [-0.2, -0.15) is 4.31 Å². The molecule has 2 aromatic carbocycles. The van der Waals surface area contributed by atoms with Gasteiger partial charge in [0.05, 0.1) is 31.1 Å². The van der Waals surface area contributed by atoms with Gasteiger partial charge < -0.3 is 10.2 Å². The van der Waals surface area contributed by atoms with Crippen LogP contribution >= 0.6 is 0 Å². The lowest BCUT2D eigenvalue weighted by atomic mass is 10.1. The normalized spacial score (nSPS) is 17.1. The number of amides is 1. The average molecular weight is 417 g/mol. The number of sulfonamides is 1. The van der Waals surface area contributed by atoms with E-state index in [9.17, 15) is 13.2 Å². The third-order valence-corrected chi connectivity index (χ3v) is 7.53. The van der Waals surface area contributed by atoms with E-state index in [0.717, 1.165) is 16.0 Å². The minimum absolute atomic E-state index is 0.00424. The van der Waals surface area contributed by atoms with Gasteiger partial charge in [0.25, 0.3) is 5.91 Å². The van der Waals surface area contributed by atoms with Crippen molar-refractivity contribution in [2.75, 3.05) is 26.2 Å². The number of nitrogens with zero attached hydrogens (tertiary/aromatic N) is 1. The Morgan fingerprint density at radius 1 is 1.00 bits per heavy atom. The maximum Gasteiger partial charge on any atom is 0.278 e. The van der Waals surface area contributed by atoms with Crippen LogP contribution in [0.2, 0.25) is 0 Å². The largest absolute Gasteiger partial charge is 0.347 e. The second-order valence-corrected chi connectivity index (χ2v) is 9.74. The SMILES string of the molecule is Cc1ccc(CNC(=O)[C@H](C)[NH+]2CCN(S(=O)(=O)c3ccc(C)cc3)CC2)cc1. The van der Waals surface area contributed by atoms with Crippen LogP contribution in [0.1, 0.15) is 23.6 Å². The fourth-order valence-electron chi connectivity index (χ4n) is 3.54. The molecule has 1 aliphatic rings. The Bertz CT molecular complexity index is 932. The van der Waals surface area contributed by atoms with E-state index in [1.54, 1.807) is 12.1 Å². The molecule has 156 valence electrons. The van der Waals surface area contributed by atoms with Gasteiger partial charge >= 0.3 is 0 Å². The zero-order valence-electron chi connectivity index (χ0n) is 17.3. The summed E-state index contributed by atoms with van der Waals surface area (Å²) in [5.74, 6) is -0.00424. The monoisotopic (exact) mass is 416 g/mol.